The summed E-state index contributed by atoms with van der Waals surface area (Å²) in [6.07, 6.45) is 0.938. The zero-order valence-corrected chi connectivity index (χ0v) is 11.8. The largest absolute Gasteiger partial charge is 0.389 e. The third kappa shape index (κ3) is 3.07. The first-order valence-electron chi connectivity index (χ1n) is 6.75. The molecule has 0 bridgehead atoms. The molecule has 1 aliphatic rings. The molecule has 1 heterocycles. The molecule has 0 radical (unpaired) electrons. The van der Waals surface area contributed by atoms with Crippen molar-refractivity contribution < 1.29 is 14.6 Å². The smallest absolute Gasteiger partial charge is 0.126 e. The highest BCUT2D eigenvalue weighted by molar-refractivity contribution is 5.57. The number of aryl methyl sites for hydroxylation is 1. The number of aliphatic hydroxyl groups excluding tert-OH is 1. The number of benzene rings is 1. The summed E-state index contributed by atoms with van der Waals surface area (Å²) in [6, 6.07) is 3.16. The number of aliphatic hydroxyl groups is 2. The Morgan fingerprint density at radius 1 is 1.42 bits per heavy atom. The van der Waals surface area contributed by atoms with Gasteiger partial charge in [-0.15, -0.1) is 0 Å². The van der Waals surface area contributed by atoms with E-state index in [2.05, 4.69) is 0 Å². The van der Waals surface area contributed by atoms with Crippen LogP contribution in [-0.2, 0) is 0 Å². The number of rotatable bonds is 2. The molecule has 0 spiro atoms. The summed E-state index contributed by atoms with van der Waals surface area (Å²) in [4.78, 5) is 2.04. The van der Waals surface area contributed by atoms with Crippen molar-refractivity contribution in [3.63, 3.8) is 0 Å². The van der Waals surface area contributed by atoms with Crippen LogP contribution in [0.1, 0.15) is 43.9 Å². The van der Waals surface area contributed by atoms with E-state index in [0.29, 0.717) is 17.7 Å². The average molecular weight is 267 g/mol. The topological polar surface area (TPSA) is 43.7 Å². The van der Waals surface area contributed by atoms with E-state index in [0.717, 1.165) is 25.1 Å². The molecule has 2 unspecified atom stereocenters. The van der Waals surface area contributed by atoms with E-state index < -0.39 is 11.7 Å². The van der Waals surface area contributed by atoms with Gasteiger partial charge in [-0.2, -0.15) is 0 Å². The molecule has 1 aromatic carbocycles. The van der Waals surface area contributed by atoms with Crippen LogP contribution in [-0.4, -0.2) is 28.9 Å². The van der Waals surface area contributed by atoms with Gasteiger partial charge in [-0.25, -0.2) is 4.39 Å². The maximum atomic E-state index is 13.7. The summed E-state index contributed by atoms with van der Waals surface area (Å²) < 4.78 is 13.7. The Labute approximate surface area is 113 Å². The van der Waals surface area contributed by atoms with Crippen LogP contribution in [0.5, 0.6) is 0 Å². The van der Waals surface area contributed by atoms with E-state index in [1.165, 1.54) is 6.07 Å². The fraction of sp³-hybridized carbons (Fsp3) is 0.600. The van der Waals surface area contributed by atoms with Crippen molar-refractivity contribution in [1.29, 1.82) is 0 Å². The van der Waals surface area contributed by atoms with Crippen LogP contribution in [0.25, 0.3) is 0 Å². The molecular weight excluding hydrogens is 245 g/mol. The highest BCUT2D eigenvalue weighted by Crippen LogP contribution is 2.33. The zero-order valence-electron chi connectivity index (χ0n) is 11.8. The van der Waals surface area contributed by atoms with Crippen LogP contribution >= 0.6 is 0 Å². The lowest BCUT2D eigenvalue weighted by atomic mass is 9.93. The van der Waals surface area contributed by atoms with Gasteiger partial charge >= 0.3 is 0 Å². The predicted molar refractivity (Wildman–Crippen MR) is 73.8 cm³/mol. The van der Waals surface area contributed by atoms with E-state index in [-0.39, 0.29) is 5.82 Å². The number of halogens is 1. The SMILES string of the molecule is Cc1cc(N2CCCC(C)(O)C2)c(C(C)O)cc1F. The van der Waals surface area contributed by atoms with Gasteiger partial charge in [0.15, 0.2) is 0 Å². The van der Waals surface area contributed by atoms with Crippen LogP contribution in [0, 0.1) is 12.7 Å². The Hall–Kier alpha value is -1.13. The molecule has 0 saturated carbocycles. The highest BCUT2D eigenvalue weighted by Gasteiger charge is 2.30. The quantitative estimate of drug-likeness (QED) is 0.865. The van der Waals surface area contributed by atoms with Gasteiger partial charge in [0.25, 0.3) is 0 Å². The summed E-state index contributed by atoms with van der Waals surface area (Å²) in [6.45, 7) is 6.50. The molecule has 0 amide bonds. The lowest BCUT2D eigenvalue weighted by Crippen LogP contribution is -2.46. The van der Waals surface area contributed by atoms with Crippen LogP contribution in [0.4, 0.5) is 10.1 Å². The fourth-order valence-electron chi connectivity index (χ4n) is 2.72. The van der Waals surface area contributed by atoms with Crippen molar-refractivity contribution in [2.75, 3.05) is 18.0 Å². The first kappa shape index (κ1) is 14.3. The first-order chi connectivity index (χ1) is 8.80. The minimum atomic E-state index is -0.726. The van der Waals surface area contributed by atoms with Crippen molar-refractivity contribution in [2.24, 2.45) is 0 Å². The van der Waals surface area contributed by atoms with Gasteiger partial charge in [0.1, 0.15) is 5.82 Å². The Kier molecular flexibility index (Phi) is 3.83. The molecule has 1 aromatic rings. The van der Waals surface area contributed by atoms with E-state index in [4.69, 9.17) is 0 Å². The molecule has 0 aromatic heterocycles. The van der Waals surface area contributed by atoms with Crippen LogP contribution in [0.15, 0.2) is 12.1 Å². The van der Waals surface area contributed by atoms with Crippen molar-refractivity contribution in [3.8, 4) is 0 Å². The molecule has 4 heteroatoms. The van der Waals surface area contributed by atoms with Gasteiger partial charge in [0.2, 0.25) is 0 Å². The van der Waals surface area contributed by atoms with Crippen molar-refractivity contribution in [3.05, 3.63) is 29.1 Å². The van der Waals surface area contributed by atoms with Crippen LogP contribution in [0.2, 0.25) is 0 Å². The summed E-state index contributed by atoms with van der Waals surface area (Å²) in [7, 11) is 0. The molecule has 1 saturated heterocycles. The number of piperidine rings is 1. The average Bonchev–Trinajstić information content (AvgIpc) is 2.30. The molecule has 2 atom stereocenters. The summed E-state index contributed by atoms with van der Waals surface area (Å²) in [5, 5.41) is 20.0. The van der Waals surface area contributed by atoms with Gasteiger partial charge < -0.3 is 15.1 Å². The standard InChI is InChI=1S/C15H22FNO2/c1-10-7-14(12(11(2)18)8-13(10)16)17-6-4-5-15(3,19)9-17/h7-8,11,18-19H,4-6,9H2,1-3H3. The van der Waals surface area contributed by atoms with Gasteiger partial charge in [0.05, 0.1) is 11.7 Å². The fourth-order valence-corrected chi connectivity index (χ4v) is 2.72. The molecule has 19 heavy (non-hydrogen) atoms. The third-order valence-electron chi connectivity index (χ3n) is 3.77. The number of hydrogen-bond acceptors (Lipinski definition) is 3. The minimum Gasteiger partial charge on any atom is -0.389 e. The number of anilines is 1. The normalized spacial score (nSPS) is 25.5. The molecular formula is C15H22FNO2. The van der Waals surface area contributed by atoms with Crippen molar-refractivity contribution in [2.45, 2.75) is 45.3 Å². The predicted octanol–water partition coefficient (Wildman–Crippen LogP) is 2.54. The molecule has 2 rings (SSSR count). The lowest BCUT2D eigenvalue weighted by molar-refractivity contribution is 0.0447. The molecule has 2 N–H and O–H groups in total. The minimum absolute atomic E-state index is 0.302. The highest BCUT2D eigenvalue weighted by atomic mass is 19.1. The number of β-amino-alcohol motifs (C(OH)–C–C–N with tert-alkyl or cyclic N) is 1. The van der Waals surface area contributed by atoms with E-state index >= 15 is 0 Å². The Morgan fingerprint density at radius 3 is 2.68 bits per heavy atom. The summed E-state index contributed by atoms with van der Waals surface area (Å²) in [5.41, 5.74) is 1.25. The first-order valence-corrected chi connectivity index (χ1v) is 6.75. The molecule has 1 fully saturated rings. The molecule has 3 nitrogen and oxygen atoms in total. The molecule has 0 aliphatic carbocycles. The maximum absolute atomic E-state index is 13.7. The molecule has 1 aliphatic heterocycles. The van der Waals surface area contributed by atoms with Crippen LogP contribution in [0.3, 0.4) is 0 Å². The zero-order chi connectivity index (χ0) is 14.2. The van der Waals surface area contributed by atoms with E-state index in [1.54, 1.807) is 19.9 Å². The van der Waals surface area contributed by atoms with Crippen LogP contribution < -0.4 is 4.90 Å². The maximum Gasteiger partial charge on any atom is 0.126 e. The summed E-state index contributed by atoms with van der Waals surface area (Å²) >= 11 is 0. The Balaban J connectivity index is 2.40. The monoisotopic (exact) mass is 267 g/mol. The summed E-state index contributed by atoms with van der Waals surface area (Å²) in [5.74, 6) is -0.302. The second kappa shape index (κ2) is 5.10. The van der Waals surface area contributed by atoms with Gasteiger partial charge in [-0.3, -0.25) is 0 Å². The number of hydrogen-bond donors (Lipinski definition) is 2. The number of nitrogens with zero attached hydrogens (tertiary/aromatic N) is 1. The van der Waals surface area contributed by atoms with Gasteiger partial charge in [0, 0.05) is 24.3 Å². The van der Waals surface area contributed by atoms with Crippen molar-refractivity contribution >= 4 is 5.69 Å². The van der Waals surface area contributed by atoms with E-state index in [9.17, 15) is 14.6 Å². The Bertz CT molecular complexity index is 471. The van der Waals surface area contributed by atoms with E-state index in [1.807, 2.05) is 11.8 Å². The lowest BCUT2D eigenvalue weighted by Gasteiger charge is -2.39. The second-order valence-corrected chi connectivity index (χ2v) is 5.86. The second-order valence-electron chi connectivity index (χ2n) is 5.86. The van der Waals surface area contributed by atoms with Gasteiger partial charge in [-0.1, -0.05) is 0 Å². The third-order valence-corrected chi connectivity index (χ3v) is 3.77. The van der Waals surface area contributed by atoms with Crippen molar-refractivity contribution in [1.82, 2.24) is 0 Å². The Morgan fingerprint density at radius 2 is 2.11 bits per heavy atom. The van der Waals surface area contributed by atoms with Gasteiger partial charge in [-0.05, 0) is 51.3 Å². The molecule has 106 valence electrons.